The van der Waals surface area contributed by atoms with Crippen molar-refractivity contribution in [2.75, 3.05) is 25.0 Å². The number of hydrogen-bond acceptors (Lipinski definition) is 4. The van der Waals surface area contributed by atoms with Gasteiger partial charge in [-0.3, -0.25) is 4.90 Å². The van der Waals surface area contributed by atoms with Crippen molar-refractivity contribution < 1.29 is 17.9 Å². The molecule has 2 aliphatic heterocycles. The minimum Gasteiger partial charge on any atom is -0.491 e. The Morgan fingerprint density at radius 3 is 2.66 bits per heavy atom. The van der Waals surface area contributed by atoms with Crippen molar-refractivity contribution in [1.82, 2.24) is 14.9 Å². The first-order chi connectivity index (χ1) is 14.0. The number of para-hydroxylation sites is 2. The number of ether oxygens (including phenoxy) is 1. The van der Waals surface area contributed by atoms with Crippen molar-refractivity contribution in [3.63, 3.8) is 0 Å². The van der Waals surface area contributed by atoms with Gasteiger partial charge in [0.05, 0.1) is 23.3 Å². The number of alkyl halides is 3. The predicted molar refractivity (Wildman–Crippen MR) is 104 cm³/mol. The molecule has 0 saturated carbocycles. The molecule has 5 nitrogen and oxygen atoms in total. The van der Waals surface area contributed by atoms with Crippen LogP contribution in [-0.2, 0) is 6.18 Å². The van der Waals surface area contributed by atoms with Gasteiger partial charge in [-0.05, 0) is 44.1 Å². The largest absolute Gasteiger partial charge is 0.491 e. The first-order valence-electron chi connectivity index (χ1n) is 9.79. The number of rotatable bonds is 3. The zero-order chi connectivity index (χ0) is 20.0. The van der Waals surface area contributed by atoms with E-state index in [9.17, 15) is 13.2 Å². The summed E-state index contributed by atoms with van der Waals surface area (Å²) in [6.45, 7) is 2.54. The van der Waals surface area contributed by atoms with Gasteiger partial charge in [0.1, 0.15) is 17.9 Å². The topological polar surface area (TPSA) is 53.2 Å². The smallest absolute Gasteiger partial charge is 0.449 e. The molecule has 152 valence electrons. The monoisotopic (exact) mass is 402 g/mol. The molecule has 2 aliphatic rings. The Bertz CT molecular complexity index is 1030. The molecule has 0 unspecified atom stereocenters. The highest BCUT2D eigenvalue weighted by molar-refractivity contribution is 5.88. The Hall–Kier alpha value is -2.74. The molecule has 3 aromatic rings. The Balaban J connectivity index is 1.55. The molecular weight excluding hydrogens is 381 g/mol. The average Bonchev–Trinajstić information content (AvgIpc) is 3.38. The van der Waals surface area contributed by atoms with Gasteiger partial charge in [0.2, 0.25) is 5.82 Å². The minimum atomic E-state index is -4.51. The van der Waals surface area contributed by atoms with Crippen molar-refractivity contribution in [2.45, 2.75) is 31.1 Å². The maximum Gasteiger partial charge on any atom is 0.449 e. The number of benzene rings is 2. The van der Waals surface area contributed by atoms with Crippen molar-refractivity contribution in [3.05, 3.63) is 53.9 Å². The van der Waals surface area contributed by atoms with E-state index >= 15 is 0 Å². The number of aromatic amines is 1. The molecule has 8 heteroatoms. The number of likely N-dealkylation sites (tertiary alicyclic amines) is 1. The fourth-order valence-corrected chi connectivity index (χ4v) is 4.36. The van der Waals surface area contributed by atoms with Gasteiger partial charge in [-0.1, -0.05) is 24.3 Å². The maximum atomic E-state index is 13.1. The van der Waals surface area contributed by atoms with Crippen LogP contribution in [0.3, 0.4) is 0 Å². The summed E-state index contributed by atoms with van der Waals surface area (Å²) in [5.41, 5.74) is 2.25. The van der Waals surface area contributed by atoms with Crippen LogP contribution in [-0.4, -0.2) is 40.6 Å². The molecule has 0 radical (unpaired) electrons. The number of hydrogen-bond donors (Lipinski definition) is 2. The molecule has 0 amide bonds. The van der Waals surface area contributed by atoms with Gasteiger partial charge in [0, 0.05) is 5.56 Å². The molecule has 2 atom stereocenters. The van der Waals surface area contributed by atoms with Crippen LogP contribution in [0.5, 0.6) is 5.75 Å². The number of halogens is 3. The summed E-state index contributed by atoms with van der Waals surface area (Å²) >= 11 is 0. The van der Waals surface area contributed by atoms with Crippen molar-refractivity contribution in [1.29, 1.82) is 0 Å². The number of anilines is 1. The van der Waals surface area contributed by atoms with Gasteiger partial charge in [-0.15, -0.1) is 0 Å². The maximum absolute atomic E-state index is 13.1. The van der Waals surface area contributed by atoms with E-state index in [4.69, 9.17) is 4.74 Å². The number of imidazole rings is 1. The van der Waals surface area contributed by atoms with Crippen molar-refractivity contribution in [3.8, 4) is 5.75 Å². The molecule has 0 spiro atoms. The fourth-order valence-electron chi connectivity index (χ4n) is 4.36. The number of aromatic nitrogens is 2. The second kappa shape index (κ2) is 6.95. The van der Waals surface area contributed by atoms with Gasteiger partial charge in [-0.25, -0.2) is 4.98 Å². The quantitative estimate of drug-likeness (QED) is 0.673. The molecule has 2 aromatic carbocycles. The molecule has 0 aliphatic carbocycles. The van der Waals surface area contributed by atoms with Crippen LogP contribution in [0.4, 0.5) is 18.9 Å². The number of nitrogens with one attached hydrogen (secondary N) is 2. The van der Waals surface area contributed by atoms with E-state index in [-0.39, 0.29) is 12.1 Å². The third kappa shape index (κ3) is 3.31. The van der Waals surface area contributed by atoms with E-state index in [1.54, 1.807) is 18.2 Å². The van der Waals surface area contributed by atoms with Gasteiger partial charge in [0.15, 0.2) is 0 Å². The number of nitrogens with zero attached hydrogens (tertiary/aromatic N) is 2. The number of fused-ring (bicyclic) bond motifs is 2. The highest BCUT2D eigenvalue weighted by atomic mass is 19.4. The summed E-state index contributed by atoms with van der Waals surface area (Å²) < 4.78 is 45.4. The average molecular weight is 402 g/mol. The molecular formula is C21H21F3N4O. The summed E-state index contributed by atoms with van der Waals surface area (Å²) in [6.07, 6.45) is -2.22. The van der Waals surface area contributed by atoms with Crippen LogP contribution in [0.25, 0.3) is 11.0 Å². The molecule has 1 aromatic heterocycles. The zero-order valence-electron chi connectivity index (χ0n) is 15.7. The lowest BCUT2D eigenvalue weighted by Crippen LogP contribution is -2.47. The molecule has 1 saturated heterocycles. The first kappa shape index (κ1) is 18.3. The van der Waals surface area contributed by atoms with Crippen LogP contribution in [0, 0.1) is 0 Å². The molecule has 3 heterocycles. The fraction of sp³-hybridized carbons (Fsp3) is 0.381. The third-order valence-electron chi connectivity index (χ3n) is 5.75. The highest BCUT2D eigenvalue weighted by Crippen LogP contribution is 2.39. The second-order valence-corrected chi connectivity index (χ2v) is 7.57. The standard InChI is InChI=1S/C21H21F3N4O/c22-21(23,24)20-26-15-8-5-7-14(19(15)27-20)25-18-13-6-1-2-9-17(13)29-12-16(18)28-10-3-4-11-28/h1-2,5-9,16,18,25H,3-4,10-12H2,(H,26,27)/t16-,18-/m0/s1. The van der Waals surface area contributed by atoms with Gasteiger partial charge in [0.25, 0.3) is 0 Å². The molecule has 1 fully saturated rings. The molecule has 5 rings (SSSR count). The summed E-state index contributed by atoms with van der Waals surface area (Å²) in [5, 5.41) is 3.50. The lowest BCUT2D eigenvalue weighted by molar-refractivity contribution is -0.144. The molecule has 0 bridgehead atoms. The summed E-state index contributed by atoms with van der Waals surface area (Å²) in [4.78, 5) is 8.63. The van der Waals surface area contributed by atoms with E-state index in [1.807, 2.05) is 24.3 Å². The summed E-state index contributed by atoms with van der Waals surface area (Å²) in [6, 6.07) is 13.0. The van der Waals surface area contributed by atoms with E-state index in [0.29, 0.717) is 23.3 Å². The van der Waals surface area contributed by atoms with Crippen molar-refractivity contribution >= 4 is 16.7 Å². The Labute approximate surface area is 165 Å². The van der Waals surface area contributed by atoms with Crippen LogP contribution in [0.1, 0.15) is 30.3 Å². The van der Waals surface area contributed by atoms with Gasteiger partial charge >= 0.3 is 6.18 Å². The Kier molecular flexibility index (Phi) is 4.38. The zero-order valence-corrected chi connectivity index (χ0v) is 15.7. The van der Waals surface area contributed by atoms with E-state index in [1.165, 1.54) is 0 Å². The van der Waals surface area contributed by atoms with Crippen LogP contribution < -0.4 is 10.1 Å². The van der Waals surface area contributed by atoms with Crippen molar-refractivity contribution in [2.24, 2.45) is 0 Å². The SMILES string of the molecule is FC(F)(F)c1nc2c(N[C@H]3c4ccccc4OC[C@@H]3N3CCCC3)cccc2[nH]1. The van der Waals surface area contributed by atoms with Crippen LogP contribution in [0.15, 0.2) is 42.5 Å². The summed E-state index contributed by atoms with van der Waals surface area (Å²) in [5.74, 6) is -0.171. The lowest BCUT2D eigenvalue weighted by atomic mass is 9.94. The third-order valence-corrected chi connectivity index (χ3v) is 5.75. The van der Waals surface area contributed by atoms with E-state index in [2.05, 4.69) is 20.2 Å². The lowest BCUT2D eigenvalue weighted by Gasteiger charge is -2.39. The van der Waals surface area contributed by atoms with Crippen LogP contribution >= 0.6 is 0 Å². The van der Waals surface area contributed by atoms with Gasteiger partial charge < -0.3 is 15.0 Å². The van der Waals surface area contributed by atoms with Gasteiger partial charge in [-0.2, -0.15) is 13.2 Å². The second-order valence-electron chi connectivity index (χ2n) is 7.57. The van der Waals surface area contributed by atoms with Crippen LogP contribution in [0.2, 0.25) is 0 Å². The molecule has 2 N–H and O–H groups in total. The van der Waals surface area contributed by atoms with E-state index < -0.39 is 12.0 Å². The first-order valence-corrected chi connectivity index (χ1v) is 9.79. The number of H-pyrrole nitrogens is 1. The van der Waals surface area contributed by atoms with E-state index in [0.717, 1.165) is 37.2 Å². The Morgan fingerprint density at radius 2 is 1.86 bits per heavy atom. The normalized spacial score (nSPS) is 22.4. The minimum absolute atomic E-state index is 0.101. The highest BCUT2D eigenvalue weighted by Gasteiger charge is 2.37. The molecule has 29 heavy (non-hydrogen) atoms. The summed E-state index contributed by atoms with van der Waals surface area (Å²) in [7, 11) is 0. The predicted octanol–water partition coefficient (Wildman–Crippen LogP) is 4.59. The Morgan fingerprint density at radius 1 is 1.07 bits per heavy atom.